The molecular formula is C19H20BrN3O2S2. The SMILES string of the molecule is CN(C)CCN(c1ccccc1)S(=O)(=O)c1csc(-c2ccc(Br)cc2)n1. The lowest BCUT2D eigenvalue weighted by Crippen LogP contribution is -2.36. The maximum absolute atomic E-state index is 13.3. The van der Waals surface area contributed by atoms with Gasteiger partial charge in [-0.3, -0.25) is 4.31 Å². The summed E-state index contributed by atoms with van der Waals surface area (Å²) in [5.41, 5.74) is 1.53. The van der Waals surface area contributed by atoms with E-state index < -0.39 is 10.0 Å². The van der Waals surface area contributed by atoms with Gasteiger partial charge in [0.15, 0.2) is 5.03 Å². The molecular weight excluding hydrogens is 446 g/mol. The Morgan fingerprint density at radius 1 is 1.00 bits per heavy atom. The molecule has 0 radical (unpaired) electrons. The van der Waals surface area contributed by atoms with E-state index in [2.05, 4.69) is 20.9 Å². The molecule has 8 heteroatoms. The second-order valence-corrected chi connectivity index (χ2v) is 9.80. The lowest BCUT2D eigenvalue weighted by Gasteiger charge is -2.25. The minimum atomic E-state index is -3.75. The number of para-hydroxylation sites is 1. The number of hydrogen-bond acceptors (Lipinski definition) is 5. The Morgan fingerprint density at radius 3 is 2.30 bits per heavy atom. The van der Waals surface area contributed by atoms with E-state index in [0.717, 1.165) is 10.0 Å². The number of rotatable bonds is 7. The summed E-state index contributed by atoms with van der Waals surface area (Å²) in [5.74, 6) is 0. The van der Waals surface area contributed by atoms with Crippen molar-refractivity contribution >= 4 is 43.0 Å². The molecule has 1 heterocycles. The summed E-state index contributed by atoms with van der Waals surface area (Å²) in [6.07, 6.45) is 0. The van der Waals surface area contributed by atoms with Gasteiger partial charge in [-0.05, 0) is 38.4 Å². The monoisotopic (exact) mass is 465 g/mol. The van der Waals surface area contributed by atoms with Crippen LogP contribution in [0.4, 0.5) is 5.69 Å². The minimum absolute atomic E-state index is 0.0769. The normalized spacial score (nSPS) is 11.7. The molecule has 5 nitrogen and oxygen atoms in total. The van der Waals surface area contributed by atoms with Gasteiger partial charge in [-0.2, -0.15) is 8.42 Å². The predicted molar refractivity (Wildman–Crippen MR) is 115 cm³/mol. The molecule has 2 aromatic carbocycles. The second kappa shape index (κ2) is 8.52. The van der Waals surface area contributed by atoms with Crippen molar-refractivity contribution in [2.24, 2.45) is 0 Å². The van der Waals surface area contributed by atoms with E-state index in [1.807, 2.05) is 61.5 Å². The number of thiazole rings is 1. The van der Waals surface area contributed by atoms with Crippen LogP contribution >= 0.6 is 27.3 Å². The van der Waals surface area contributed by atoms with Gasteiger partial charge >= 0.3 is 0 Å². The third kappa shape index (κ3) is 4.76. The van der Waals surface area contributed by atoms with Gasteiger partial charge in [0.25, 0.3) is 10.0 Å². The van der Waals surface area contributed by atoms with Crippen LogP contribution in [-0.2, 0) is 10.0 Å². The molecule has 3 rings (SSSR count). The largest absolute Gasteiger partial charge is 0.308 e. The molecule has 0 amide bonds. The highest BCUT2D eigenvalue weighted by atomic mass is 79.9. The molecule has 0 saturated carbocycles. The van der Waals surface area contributed by atoms with Gasteiger partial charge in [-0.1, -0.05) is 46.3 Å². The molecule has 0 atom stereocenters. The fourth-order valence-electron chi connectivity index (χ4n) is 2.49. The van der Waals surface area contributed by atoms with Crippen molar-refractivity contribution in [3.63, 3.8) is 0 Å². The summed E-state index contributed by atoms with van der Waals surface area (Å²) >= 11 is 4.73. The number of sulfonamides is 1. The minimum Gasteiger partial charge on any atom is -0.308 e. The van der Waals surface area contributed by atoms with E-state index >= 15 is 0 Å². The quantitative estimate of drug-likeness (QED) is 0.520. The zero-order chi connectivity index (χ0) is 19.4. The van der Waals surface area contributed by atoms with Gasteiger partial charge in [0.1, 0.15) is 5.01 Å². The van der Waals surface area contributed by atoms with Gasteiger partial charge in [0, 0.05) is 28.5 Å². The van der Waals surface area contributed by atoms with Gasteiger partial charge in [0.05, 0.1) is 5.69 Å². The summed E-state index contributed by atoms with van der Waals surface area (Å²) in [4.78, 5) is 6.37. The summed E-state index contributed by atoms with van der Waals surface area (Å²) < 4.78 is 29.0. The molecule has 0 aliphatic carbocycles. The Balaban J connectivity index is 1.95. The highest BCUT2D eigenvalue weighted by molar-refractivity contribution is 9.10. The molecule has 0 bridgehead atoms. The Hall–Kier alpha value is -1.74. The van der Waals surface area contributed by atoms with E-state index in [1.165, 1.54) is 15.6 Å². The van der Waals surface area contributed by atoms with Gasteiger partial charge in [0.2, 0.25) is 0 Å². The Labute approximate surface area is 172 Å². The third-order valence-electron chi connectivity index (χ3n) is 3.92. The van der Waals surface area contributed by atoms with E-state index in [-0.39, 0.29) is 5.03 Å². The Morgan fingerprint density at radius 2 is 1.67 bits per heavy atom. The number of anilines is 1. The fourth-order valence-corrected chi connectivity index (χ4v) is 5.28. The van der Waals surface area contributed by atoms with Crippen LogP contribution in [-0.4, -0.2) is 45.5 Å². The molecule has 0 fully saturated rings. The standard InChI is InChI=1S/C19H20BrN3O2S2/c1-22(2)12-13-23(17-6-4-3-5-7-17)27(24,25)18-14-26-19(21-18)15-8-10-16(20)11-9-15/h3-11,14H,12-13H2,1-2H3. The van der Waals surface area contributed by atoms with E-state index in [0.29, 0.717) is 23.8 Å². The topological polar surface area (TPSA) is 53.5 Å². The van der Waals surface area contributed by atoms with Crippen molar-refractivity contribution in [2.75, 3.05) is 31.5 Å². The van der Waals surface area contributed by atoms with Crippen LogP contribution < -0.4 is 4.31 Å². The third-order valence-corrected chi connectivity index (χ3v) is 7.20. The van der Waals surface area contributed by atoms with E-state index in [1.54, 1.807) is 17.5 Å². The maximum atomic E-state index is 13.3. The van der Waals surface area contributed by atoms with Crippen LogP contribution in [0.15, 0.2) is 69.5 Å². The Kier molecular flexibility index (Phi) is 6.31. The molecule has 0 unspecified atom stereocenters. The predicted octanol–water partition coefficient (Wildman–Crippen LogP) is 4.33. The molecule has 1 aromatic heterocycles. The average molecular weight is 466 g/mol. The van der Waals surface area contributed by atoms with Crippen molar-refractivity contribution in [3.8, 4) is 10.6 Å². The van der Waals surface area contributed by atoms with Crippen molar-refractivity contribution < 1.29 is 8.42 Å². The van der Waals surface area contributed by atoms with Crippen LogP contribution in [0.2, 0.25) is 0 Å². The molecule has 0 N–H and O–H groups in total. The average Bonchev–Trinajstić information content (AvgIpc) is 3.14. The van der Waals surface area contributed by atoms with Gasteiger partial charge < -0.3 is 4.90 Å². The second-order valence-electron chi connectivity index (χ2n) is 6.21. The van der Waals surface area contributed by atoms with Crippen LogP contribution in [0.5, 0.6) is 0 Å². The highest BCUT2D eigenvalue weighted by Gasteiger charge is 2.27. The number of halogens is 1. The van der Waals surface area contributed by atoms with Crippen LogP contribution in [0, 0.1) is 0 Å². The summed E-state index contributed by atoms with van der Waals surface area (Å²) in [6, 6.07) is 16.8. The molecule has 27 heavy (non-hydrogen) atoms. The Bertz CT molecular complexity index is 987. The first kappa shape index (κ1) is 20.0. The zero-order valence-corrected chi connectivity index (χ0v) is 18.3. The summed E-state index contributed by atoms with van der Waals surface area (Å²) in [5, 5.41) is 2.37. The number of nitrogens with zero attached hydrogens (tertiary/aromatic N) is 3. The van der Waals surface area contributed by atoms with Crippen molar-refractivity contribution in [1.29, 1.82) is 0 Å². The van der Waals surface area contributed by atoms with Crippen molar-refractivity contribution in [2.45, 2.75) is 5.03 Å². The van der Waals surface area contributed by atoms with Crippen LogP contribution in [0.3, 0.4) is 0 Å². The maximum Gasteiger partial charge on any atom is 0.282 e. The van der Waals surface area contributed by atoms with E-state index in [4.69, 9.17) is 0 Å². The van der Waals surface area contributed by atoms with E-state index in [9.17, 15) is 8.42 Å². The van der Waals surface area contributed by atoms with Gasteiger partial charge in [-0.15, -0.1) is 11.3 Å². The molecule has 0 aliphatic heterocycles. The smallest absolute Gasteiger partial charge is 0.282 e. The molecule has 3 aromatic rings. The zero-order valence-electron chi connectivity index (χ0n) is 15.0. The number of benzene rings is 2. The summed E-state index contributed by atoms with van der Waals surface area (Å²) in [6.45, 7) is 0.961. The summed E-state index contributed by atoms with van der Waals surface area (Å²) in [7, 11) is 0.0934. The van der Waals surface area contributed by atoms with Gasteiger partial charge in [-0.25, -0.2) is 4.98 Å². The van der Waals surface area contributed by atoms with Crippen molar-refractivity contribution in [1.82, 2.24) is 9.88 Å². The highest BCUT2D eigenvalue weighted by Crippen LogP contribution is 2.29. The molecule has 142 valence electrons. The lowest BCUT2D eigenvalue weighted by atomic mass is 10.2. The number of likely N-dealkylation sites (N-methyl/N-ethyl adjacent to an activating group) is 1. The van der Waals surface area contributed by atoms with Crippen LogP contribution in [0.25, 0.3) is 10.6 Å². The fraction of sp³-hybridized carbons (Fsp3) is 0.211. The van der Waals surface area contributed by atoms with Crippen LogP contribution in [0.1, 0.15) is 0 Å². The molecule has 0 spiro atoms. The first-order valence-corrected chi connectivity index (χ1v) is 11.4. The first-order chi connectivity index (χ1) is 12.9. The molecule has 0 saturated heterocycles. The first-order valence-electron chi connectivity index (χ1n) is 8.32. The molecule has 0 aliphatic rings. The van der Waals surface area contributed by atoms with Crippen molar-refractivity contribution in [3.05, 3.63) is 64.5 Å². The lowest BCUT2D eigenvalue weighted by molar-refractivity contribution is 0.419. The number of aromatic nitrogens is 1. The number of hydrogen-bond donors (Lipinski definition) is 0.